The summed E-state index contributed by atoms with van der Waals surface area (Å²) >= 11 is 1.70. The molecule has 122 valence electrons. The predicted octanol–water partition coefficient (Wildman–Crippen LogP) is 4.27. The van der Waals surface area contributed by atoms with Crippen LogP contribution in [0.2, 0.25) is 0 Å². The van der Waals surface area contributed by atoms with E-state index in [9.17, 15) is 4.79 Å². The third-order valence-corrected chi connectivity index (χ3v) is 4.14. The highest BCUT2D eigenvalue weighted by atomic mass is 32.2. The van der Waals surface area contributed by atoms with Crippen LogP contribution in [0.5, 0.6) is 5.75 Å². The number of hydrogen-bond acceptors (Lipinski definition) is 3. The molecule has 2 aromatic carbocycles. The second-order valence-electron chi connectivity index (χ2n) is 5.50. The lowest BCUT2D eigenvalue weighted by Gasteiger charge is -2.10. The van der Waals surface area contributed by atoms with E-state index < -0.39 is 0 Å². The number of carbonyl (C=O) groups excluding carboxylic acids is 1. The first-order valence-corrected chi connectivity index (χ1v) is 8.82. The summed E-state index contributed by atoms with van der Waals surface area (Å²) in [7, 11) is 0. The smallest absolute Gasteiger partial charge is 0.221 e. The maximum Gasteiger partial charge on any atom is 0.221 e. The highest BCUT2D eigenvalue weighted by Crippen LogP contribution is 2.17. The van der Waals surface area contributed by atoms with Gasteiger partial charge in [0.25, 0.3) is 0 Å². The zero-order valence-corrected chi connectivity index (χ0v) is 14.4. The monoisotopic (exact) mass is 329 g/mol. The Morgan fingerprint density at radius 3 is 2.43 bits per heavy atom. The summed E-state index contributed by atoms with van der Waals surface area (Å²) in [6, 6.07) is 18.0. The van der Waals surface area contributed by atoms with Gasteiger partial charge in [0.1, 0.15) is 5.75 Å². The molecular formula is C19H23NO2S. The maximum atomic E-state index is 11.9. The zero-order chi connectivity index (χ0) is 16.5. The molecule has 0 bridgehead atoms. The number of carbonyl (C=O) groups is 1. The first-order valence-electron chi connectivity index (χ1n) is 7.83. The van der Waals surface area contributed by atoms with E-state index in [0.29, 0.717) is 13.0 Å². The van der Waals surface area contributed by atoms with Gasteiger partial charge >= 0.3 is 0 Å². The minimum absolute atomic E-state index is 0.0796. The van der Waals surface area contributed by atoms with Crippen molar-refractivity contribution < 1.29 is 9.53 Å². The Morgan fingerprint density at radius 2 is 1.78 bits per heavy atom. The van der Waals surface area contributed by atoms with E-state index >= 15 is 0 Å². The first-order chi connectivity index (χ1) is 11.1. The number of rotatable bonds is 8. The van der Waals surface area contributed by atoms with Gasteiger partial charge in [-0.2, -0.15) is 0 Å². The molecule has 0 saturated carbocycles. The fourth-order valence-corrected chi connectivity index (χ4v) is 2.90. The second-order valence-corrected chi connectivity index (χ2v) is 6.67. The van der Waals surface area contributed by atoms with Crippen molar-refractivity contribution >= 4 is 17.7 Å². The van der Waals surface area contributed by atoms with Crippen LogP contribution in [0.3, 0.4) is 0 Å². The molecule has 0 aliphatic rings. The van der Waals surface area contributed by atoms with Crippen molar-refractivity contribution in [2.45, 2.75) is 37.8 Å². The van der Waals surface area contributed by atoms with E-state index in [1.54, 1.807) is 11.8 Å². The van der Waals surface area contributed by atoms with Gasteiger partial charge in [0, 0.05) is 23.6 Å². The molecule has 1 amide bonds. The summed E-state index contributed by atoms with van der Waals surface area (Å²) in [5.41, 5.74) is 1.07. The van der Waals surface area contributed by atoms with Gasteiger partial charge in [-0.05, 0) is 43.7 Å². The van der Waals surface area contributed by atoms with Crippen molar-refractivity contribution in [2.24, 2.45) is 0 Å². The molecule has 2 aromatic rings. The van der Waals surface area contributed by atoms with Gasteiger partial charge in [-0.1, -0.05) is 30.3 Å². The fourth-order valence-electron chi connectivity index (χ4n) is 2.03. The summed E-state index contributed by atoms with van der Waals surface area (Å²) in [5, 5.41) is 2.95. The fraction of sp³-hybridized carbons (Fsp3) is 0.316. The summed E-state index contributed by atoms with van der Waals surface area (Å²) < 4.78 is 5.60. The lowest BCUT2D eigenvalue weighted by molar-refractivity contribution is -0.120. The minimum Gasteiger partial charge on any atom is -0.491 e. The van der Waals surface area contributed by atoms with Gasteiger partial charge in [-0.25, -0.2) is 0 Å². The highest BCUT2D eigenvalue weighted by Gasteiger charge is 2.03. The predicted molar refractivity (Wildman–Crippen MR) is 95.8 cm³/mol. The van der Waals surface area contributed by atoms with Crippen LogP contribution in [0, 0.1) is 0 Å². The van der Waals surface area contributed by atoms with E-state index in [1.807, 2.05) is 56.3 Å². The largest absolute Gasteiger partial charge is 0.491 e. The average Bonchev–Trinajstić information content (AvgIpc) is 2.55. The summed E-state index contributed by atoms with van der Waals surface area (Å²) in [5.74, 6) is 1.72. The normalized spacial score (nSPS) is 10.6. The molecule has 0 aliphatic heterocycles. The molecule has 23 heavy (non-hydrogen) atoms. The van der Waals surface area contributed by atoms with Gasteiger partial charge < -0.3 is 10.1 Å². The summed E-state index contributed by atoms with van der Waals surface area (Å²) in [6.07, 6.45) is 0.691. The Morgan fingerprint density at radius 1 is 1.09 bits per heavy atom. The Bertz CT molecular complexity index is 597. The van der Waals surface area contributed by atoms with Crippen LogP contribution in [0.1, 0.15) is 25.8 Å². The van der Waals surface area contributed by atoms with Gasteiger partial charge in [-0.15, -0.1) is 11.8 Å². The van der Waals surface area contributed by atoms with Crippen LogP contribution >= 0.6 is 11.8 Å². The number of benzene rings is 2. The van der Waals surface area contributed by atoms with E-state index in [0.717, 1.165) is 17.1 Å². The molecule has 0 unspecified atom stereocenters. The molecule has 4 heteroatoms. The molecular weight excluding hydrogens is 306 g/mol. The maximum absolute atomic E-state index is 11.9. The van der Waals surface area contributed by atoms with E-state index in [1.165, 1.54) is 4.90 Å². The van der Waals surface area contributed by atoms with Gasteiger partial charge in [-0.3, -0.25) is 4.79 Å². The summed E-state index contributed by atoms with van der Waals surface area (Å²) in [4.78, 5) is 13.1. The number of ether oxygens (including phenoxy) is 1. The van der Waals surface area contributed by atoms with Crippen molar-refractivity contribution in [3.63, 3.8) is 0 Å². The minimum atomic E-state index is 0.0796. The molecule has 1 N–H and O–H groups in total. The number of thioether (sulfide) groups is 1. The summed E-state index contributed by atoms with van der Waals surface area (Å²) in [6.45, 7) is 4.56. The molecule has 0 atom stereocenters. The van der Waals surface area contributed by atoms with Crippen molar-refractivity contribution in [3.05, 3.63) is 60.2 Å². The lowest BCUT2D eigenvalue weighted by atomic mass is 10.2. The third-order valence-electron chi connectivity index (χ3n) is 3.13. The van der Waals surface area contributed by atoms with Gasteiger partial charge in [0.15, 0.2) is 0 Å². The van der Waals surface area contributed by atoms with Crippen LogP contribution in [-0.4, -0.2) is 17.8 Å². The van der Waals surface area contributed by atoms with Crippen LogP contribution in [-0.2, 0) is 11.3 Å². The van der Waals surface area contributed by atoms with Crippen molar-refractivity contribution in [1.29, 1.82) is 0 Å². The van der Waals surface area contributed by atoms with Crippen LogP contribution in [0.4, 0.5) is 0 Å². The molecule has 2 rings (SSSR count). The van der Waals surface area contributed by atoms with E-state index in [-0.39, 0.29) is 12.0 Å². The van der Waals surface area contributed by atoms with Crippen molar-refractivity contribution in [2.75, 3.05) is 5.75 Å². The number of amides is 1. The lowest BCUT2D eigenvalue weighted by Crippen LogP contribution is -2.22. The molecule has 0 radical (unpaired) electrons. The Hall–Kier alpha value is -1.94. The van der Waals surface area contributed by atoms with E-state index in [2.05, 4.69) is 17.4 Å². The number of nitrogens with one attached hydrogen (secondary N) is 1. The average molecular weight is 329 g/mol. The van der Waals surface area contributed by atoms with Gasteiger partial charge in [0.2, 0.25) is 5.91 Å². The molecule has 0 heterocycles. The molecule has 0 fully saturated rings. The van der Waals surface area contributed by atoms with Gasteiger partial charge in [0.05, 0.1) is 6.10 Å². The van der Waals surface area contributed by atoms with Crippen molar-refractivity contribution in [1.82, 2.24) is 5.32 Å². The number of hydrogen-bond donors (Lipinski definition) is 1. The SMILES string of the molecule is CC(C)Oc1ccc(CNC(=O)CCSc2ccccc2)cc1. The quantitative estimate of drug-likeness (QED) is 0.735. The molecule has 0 saturated heterocycles. The Balaban J connectivity index is 1.67. The second kappa shape index (κ2) is 9.26. The molecule has 0 aliphatic carbocycles. The molecule has 3 nitrogen and oxygen atoms in total. The van der Waals surface area contributed by atoms with E-state index in [4.69, 9.17) is 4.74 Å². The Labute approximate surface area is 142 Å². The Kier molecular flexibility index (Phi) is 7.01. The zero-order valence-electron chi connectivity index (χ0n) is 13.6. The standard InChI is InChI=1S/C19H23NO2S/c1-15(2)22-17-10-8-16(9-11-17)14-20-19(21)12-13-23-18-6-4-3-5-7-18/h3-11,15H,12-14H2,1-2H3,(H,20,21). The molecule has 0 spiro atoms. The molecule has 0 aromatic heterocycles. The van der Waals surface area contributed by atoms with Crippen molar-refractivity contribution in [3.8, 4) is 5.75 Å². The first kappa shape index (κ1) is 17.4. The highest BCUT2D eigenvalue weighted by molar-refractivity contribution is 7.99. The topological polar surface area (TPSA) is 38.3 Å². The van der Waals surface area contributed by atoms with Crippen LogP contribution in [0.15, 0.2) is 59.5 Å². The van der Waals surface area contributed by atoms with Crippen LogP contribution in [0.25, 0.3) is 0 Å². The third kappa shape index (κ3) is 6.78. The van der Waals surface area contributed by atoms with Crippen LogP contribution < -0.4 is 10.1 Å².